The first-order valence-corrected chi connectivity index (χ1v) is 8.59. The first-order chi connectivity index (χ1) is 11.9. The van der Waals surface area contributed by atoms with Crippen LogP contribution in [0.2, 0.25) is 0 Å². The number of carbonyl (C=O) groups excluding carboxylic acids is 2. The molecule has 2 aromatic rings. The Labute approximate surface area is 148 Å². The highest BCUT2D eigenvalue weighted by Gasteiger charge is 2.16. The largest absolute Gasteiger partial charge is 0.453 e. The second-order valence-electron chi connectivity index (χ2n) is 5.78. The third kappa shape index (κ3) is 5.60. The van der Waals surface area contributed by atoms with Gasteiger partial charge in [0, 0.05) is 17.5 Å². The van der Waals surface area contributed by atoms with Crippen LogP contribution in [-0.2, 0) is 4.74 Å². The van der Waals surface area contributed by atoms with E-state index in [0.29, 0.717) is 11.0 Å². The van der Waals surface area contributed by atoms with Crippen LogP contribution in [0.4, 0.5) is 13.9 Å². The van der Waals surface area contributed by atoms with E-state index < -0.39 is 30.0 Å². The monoisotopic (exact) mass is 368 g/mol. The number of benzene rings is 1. The molecule has 1 aromatic carbocycles. The van der Waals surface area contributed by atoms with Crippen molar-refractivity contribution in [3.8, 4) is 0 Å². The summed E-state index contributed by atoms with van der Waals surface area (Å²) in [6.45, 7) is 4.39. The van der Waals surface area contributed by atoms with E-state index in [1.807, 2.05) is 0 Å². The molecule has 0 aliphatic carbocycles. The molecular formula is C17H18F2N2O3S. The molecule has 0 aliphatic rings. The molecule has 0 amide bonds. The Morgan fingerprint density at radius 2 is 2.04 bits per heavy atom. The van der Waals surface area contributed by atoms with Gasteiger partial charge >= 0.3 is 5.97 Å². The zero-order valence-corrected chi connectivity index (χ0v) is 14.7. The smallest absolute Gasteiger partial charge is 0.358 e. The maximum atomic E-state index is 13.1. The number of carbonyl (C=O) groups is 2. The number of halogens is 2. The van der Waals surface area contributed by atoms with Crippen molar-refractivity contribution in [3.63, 3.8) is 0 Å². The van der Waals surface area contributed by atoms with E-state index in [0.717, 1.165) is 31.2 Å². The Morgan fingerprint density at radius 1 is 1.28 bits per heavy atom. The molecule has 0 fully saturated rings. The van der Waals surface area contributed by atoms with Crippen molar-refractivity contribution in [2.75, 3.05) is 18.5 Å². The van der Waals surface area contributed by atoms with Gasteiger partial charge in [0.15, 0.2) is 34.9 Å². The van der Waals surface area contributed by atoms with E-state index in [2.05, 4.69) is 24.1 Å². The maximum absolute atomic E-state index is 13.1. The molecule has 8 heteroatoms. The van der Waals surface area contributed by atoms with Gasteiger partial charge in [-0.3, -0.25) is 4.79 Å². The highest BCUT2D eigenvalue weighted by molar-refractivity contribution is 7.13. The van der Waals surface area contributed by atoms with Crippen LogP contribution in [0.15, 0.2) is 23.6 Å². The van der Waals surface area contributed by atoms with Gasteiger partial charge in [0.05, 0.1) is 0 Å². The number of hydrogen-bond donors (Lipinski definition) is 1. The topological polar surface area (TPSA) is 68.3 Å². The summed E-state index contributed by atoms with van der Waals surface area (Å²) in [6.07, 6.45) is 0.974. The normalized spacial score (nSPS) is 10.8. The van der Waals surface area contributed by atoms with Gasteiger partial charge in [-0.05, 0) is 30.5 Å². The van der Waals surface area contributed by atoms with Crippen LogP contribution in [0.1, 0.15) is 41.1 Å². The molecule has 0 saturated heterocycles. The quantitative estimate of drug-likeness (QED) is 0.565. The molecule has 0 radical (unpaired) electrons. The van der Waals surface area contributed by atoms with Crippen LogP contribution in [0.3, 0.4) is 0 Å². The molecule has 1 N–H and O–H groups in total. The van der Waals surface area contributed by atoms with Crippen molar-refractivity contribution >= 4 is 28.2 Å². The van der Waals surface area contributed by atoms with Crippen LogP contribution in [0.5, 0.6) is 0 Å². The first-order valence-electron chi connectivity index (χ1n) is 7.71. The lowest BCUT2D eigenvalue weighted by Crippen LogP contribution is -2.15. The van der Waals surface area contributed by atoms with Crippen LogP contribution in [0, 0.1) is 17.6 Å². The second-order valence-corrected chi connectivity index (χ2v) is 6.63. The van der Waals surface area contributed by atoms with Crippen molar-refractivity contribution < 1.29 is 23.1 Å². The van der Waals surface area contributed by atoms with Crippen molar-refractivity contribution in [1.82, 2.24) is 4.98 Å². The van der Waals surface area contributed by atoms with Crippen molar-refractivity contribution in [3.05, 3.63) is 46.5 Å². The van der Waals surface area contributed by atoms with Gasteiger partial charge in [0.25, 0.3) is 0 Å². The molecule has 0 saturated carbocycles. The highest BCUT2D eigenvalue weighted by Crippen LogP contribution is 2.17. The zero-order valence-electron chi connectivity index (χ0n) is 13.8. The number of ether oxygens (including phenoxy) is 1. The number of esters is 1. The molecule has 1 heterocycles. The summed E-state index contributed by atoms with van der Waals surface area (Å²) in [5.74, 6) is -3.00. The van der Waals surface area contributed by atoms with Gasteiger partial charge in [-0.25, -0.2) is 18.6 Å². The van der Waals surface area contributed by atoms with E-state index in [-0.39, 0.29) is 11.3 Å². The predicted molar refractivity (Wildman–Crippen MR) is 91.0 cm³/mol. The third-order valence-electron chi connectivity index (χ3n) is 3.29. The number of nitrogens with zero attached hydrogens (tertiary/aromatic N) is 1. The third-order valence-corrected chi connectivity index (χ3v) is 4.09. The van der Waals surface area contributed by atoms with Crippen LogP contribution >= 0.6 is 11.3 Å². The average Bonchev–Trinajstić information content (AvgIpc) is 3.03. The number of ketones is 1. The van der Waals surface area contributed by atoms with Crippen molar-refractivity contribution in [2.45, 2.75) is 20.3 Å². The van der Waals surface area contributed by atoms with E-state index in [4.69, 9.17) is 4.74 Å². The number of rotatable bonds is 8. The Hall–Kier alpha value is -2.35. The minimum atomic E-state index is -1.13. The molecule has 5 nitrogen and oxygen atoms in total. The van der Waals surface area contributed by atoms with E-state index in [1.165, 1.54) is 16.7 Å². The molecule has 1 aromatic heterocycles. The van der Waals surface area contributed by atoms with Crippen LogP contribution in [0.25, 0.3) is 0 Å². The number of anilines is 1. The molecular weight excluding hydrogens is 350 g/mol. The van der Waals surface area contributed by atoms with Gasteiger partial charge in [0.2, 0.25) is 0 Å². The molecule has 0 atom stereocenters. The fourth-order valence-corrected chi connectivity index (χ4v) is 2.58. The summed E-state index contributed by atoms with van der Waals surface area (Å²) in [6, 6.07) is 2.75. The molecule has 2 rings (SSSR count). The SMILES string of the molecule is CC(C)CCNc1nc(C(=O)OCC(=O)c2ccc(F)c(F)c2)cs1. The van der Waals surface area contributed by atoms with Gasteiger partial charge < -0.3 is 10.1 Å². The lowest BCUT2D eigenvalue weighted by Gasteiger charge is -2.05. The van der Waals surface area contributed by atoms with Gasteiger partial charge in [-0.15, -0.1) is 11.3 Å². The van der Waals surface area contributed by atoms with E-state index >= 15 is 0 Å². The zero-order chi connectivity index (χ0) is 18.4. The summed E-state index contributed by atoms with van der Waals surface area (Å²) >= 11 is 1.26. The molecule has 0 aliphatic heterocycles. The summed E-state index contributed by atoms with van der Waals surface area (Å²) in [7, 11) is 0. The van der Waals surface area contributed by atoms with Crippen LogP contribution in [-0.4, -0.2) is 29.9 Å². The highest BCUT2D eigenvalue weighted by atomic mass is 32.1. The lowest BCUT2D eigenvalue weighted by molar-refractivity contribution is 0.0469. The first kappa shape index (κ1) is 19.0. The summed E-state index contributed by atoms with van der Waals surface area (Å²) in [5.41, 5.74) is 0.0242. The molecule has 134 valence electrons. The average molecular weight is 368 g/mol. The maximum Gasteiger partial charge on any atom is 0.358 e. The number of hydrogen-bond acceptors (Lipinski definition) is 6. The lowest BCUT2D eigenvalue weighted by atomic mass is 10.1. The minimum Gasteiger partial charge on any atom is -0.453 e. The summed E-state index contributed by atoms with van der Waals surface area (Å²) in [5, 5.41) is 5.24. The van der Waals surface area contributed by atoms with Crippen molar-refractivity contribution in [2.24, 2.45) is 5.92 Å². The Balaban J connectivity index is 1.86. The number of aromatic nitrogens is 1. The fourth-order valence-electron chi connectivity index (χ4n) is 1.87. The Bertz CT molecular complexity index is 762. The summed E-state index contributed by atoms with van der Waals surface area (Å²) < 4.78 is 30.8. The molecule has 0 bridgehead atoms. The second kappa shape index (κ2) is 8.66. The van der Waals surface area contributed by atoms with Gasteiger partial charge in [0.1, 0.15) is 0 Å². The minimum absolute atomic E-state index is 0.0685. The fraction of sp³-hybridized carbons (Fsp3) is 0.353. The van der Waals surface area contributed by atoms with Crippen molar-refractivity contribution in [1.29, 1.82) is 0 Å². The summed E-state index contributed by atoms with van der Waals surface area (Å²) in [4.78, 5) is 27.9. The number of thiazole rings is 1. The number of nitrogens with one attached hydrogen (secondary N) is 1. The van der Waals surface area contributed by atoms with Gasteiger partial charge in [-0.2, -0.15) is 0 Å². The predicted octanol–water partition coefficient (Wildman–Crippen LogP) is 3.92. The van der Waals surface area contributed by atoms with E-state index in [9.17, 15) is 18.4 Å². The van der Waals surface area contributed by atoms with E-state index in [1.54, 1.807) is 0 Å². The van der Waals surface area contributed by atoms with Crippen LogP contribution < -0.4 is 5.32 Å². The Morgan fingerprint density at radius 3 is 2.72 bits per heavy atom. The Kier molecular flexibility index (Phi) is 6.58. The standard InChI is InChI=1S/C17H18F2N2O3S/c1-10(2)5-6-20-17-21-14(9-25-17)16(23)24-8-15(22)11-3-4-12(18)13(19)7-11/h3-4,7,9-10H,5-6,8H2,1-2H3,(H,20,21). The molecule has 25 heavy (non-hydrogen) atoms. The number of Topliss-reactive ketones (excluding diaryl/α,β-unsaturated/α-hetero) is 1. The van der Waals surface area contributed by atoms with Gasteiger partial charge in [-0.1, -0.05) is 13.8 Å². The molecule has 0 unspecified atom stereocenters. The molecule has 0 spiro atoms.